The molecule has 0 saturated carbocycles. The Balaban J connectivity index is 1.63. The molecule has 9 heteroatoms. The van der Waals surface area contributed by atoms with Crippen LogP contribution in [0, 0.1) is 0 Å². The molecule has 2 aromatic rings. The summed E-state index contributed by atoms with van der Waals surface area (Å²) in [5, 5.41) is 2.65. The molecule has 1 amide bonds. The predicted molar refractivity (Wildman–Crippen MR) is 80.2 cm³/mol. The van der Waals surface area contributed by atoms with E-state index < -0.39 is 22.7 Å². The average molecular weight is 360 g/mol. The second-order valence-corrected chi connectivity index (χ2v) is 7.44. The van der Waals surface area contributed by atoms with E-state index in [0.717, 1.165) is 29.0 Å². The van der Waals surface area contributed by atoms with E-state index in [2.05, 4.69) is 10.0 Å². The molecule has 1 unspecified atom stereocenters. The molecule has 122 valence electrons. The molecule has 2 N–H and O–H groups in total. The summed E-state index contributed by atoms with van der Waals surface area (Å²) in [6, 6.07) is 6.30. The second kappa shape index (κ2) is 6.06. The average Bonchev–Trinajstić information content (AvgIpc) is 3.07. The zero-order valence-electron chi connectivity index (χ0n) is 11.6. The quantitative estimate of drug-likeness (QED) is 0.884. The van der Waals surface area contributed by atoms with Gasteiger partial charge in [0, 0.05) is 13.1 Å². The van der Waals surface area contributed by atoms with Gasteiger partial charge in [-0.15, -0.1) is 11.3 Å². The number of carbonyl (C=O) groups excluding carboxylic acids is 1. The number of hydrogen-bond acceptors (Lipinski definition) is 3. The number of amides is 1. The van der Waals surface area contributed by atoms with Crippen molar-refractivity contribution in [3.05, 3.63) is 51.9 Å². The summed E-state index contributed by atoms with van der Waals surface area (Å²) in [5.74, 6) is -0.332. The molecule has 0 bridgehead atoms. The molecule has 23 heavy (non-hydrogen) atoms. The van der Waals surface area contributed by atoms with Crippen molar-refractivity contribution in [3.63, 3.8) is 0 Å². The van der Waals surface area contributed by atoms with Gasteiger partial charge in [-0.05, 0) is 29.3 Å². The number of nitrogens with one attached hydrogen (secondary N) is 2. The van der Waals surface area contributed by atoms with E-state index in [1.165, 1.54) is 12.1 Å². The Kier molecular flexibility index (Phi) is 4.26. The number of fused-ring (bicyclic) bond motifs is 1. The van der Waals surface area contributed by atoms with Gasteiger partial charge in [0.2, 0.25) is 0 Å². The van der Waals surface area contributed by atoms with Crippen molar-refractivity contribution in [3.8, 4) is 0 Å². The maximum Gasteiger partial charge on any atom is 0.416 e. The van der Waals surface area contributed by atoms with Crippen molar-refractivity contribution in [2.24, 2.45) is 0 Å². The minimum atomic E-state index is -4.37. The first-order chi connectivity index (χ1) is 10.8. The second-order valence-electron chi connectivity index (χ2n) is 4.89. The highest BCUT2D eigenvalue weighted by Gasteiger charge is 2.30. The highest BCUT2D eigenvalue weighted by Crippen LogP contribution is 2.30. The molecule has 1 aliphatic heterocycles. The van der Waals surface area contributed by atoms with E-state index in [1.807, 2.05) is 0 Å². The van der Waals surface area contributed by atoms with Crippen LogP contribution in [-0.4, -0.2) is 10.1 Å². The van der Waals surface area contributed by atoms with Gasteiger partial charge < -0.3 is 5.32 Å². The Labute approximate surface area is 136 Å². The zero-order valence-corrected chi connectivity index (χ0v) is 13.2. The van der Waals surface area contributed by atoms with Crippen molar-refractivity contribution >= 4 is 28.2 Å². The van der Waals surface area contributed by atoms with Crippen LogP contribution in [-0.2, 0) is 30.3 Å². The van der Waals surface area contributed by atoms with E-state index >= 15 is 0 Å². The molecule has 1 aromatic heterocycles. The minimum Gasteiger partial charge on any atom is -0.347 e. The lowest BCUT2D eigenvalue weighted by Crippen LogP contribution is -2.22. The van der Waals surface area contributed by atoms with Crippen molar-refractivity contribution in [2.75, 3.05) is 0 Å². The molecule has 2 heterocycles. The summed E-state index contributed by atoms with van der Waals surface area (Å²) in [6.07, 6.45) is -4.37. The van der Waals surface area contributed by atoms with Crippen LogP contribution >= 0.6 is 11.3 Å². The van der Waals surface area contributed by atoms with Crippen LogP contribution in [0.5, 0.6) is 0 Å². The summed E-state index contributed by atoms with van der Waals surface area (Å²) in [4.78, 5) is 12.5. The van der Waals surface area contributed by atoms with Crippen LogP contribution in [0.1, 0.15) is 26.4 Å². The molecule has 0 saturated heterocycles. The first-order valence-electron chi connectivity index (χ1n) is 6.57. The topological polar surface area (TPSA) is 58.2 Å². The molecular weight excluding hydrogens is 349 g/mol. The lowest BCUT2D eigenvalue weighted by atomic mass is 10.1. The third-order valence-corrected chi connectivity index (χ3v) is 5.97. The van der Waals surface area contributed by atoms with Gasteiger partial charge in [-0.2, -0.15) is 13.2 Å². The number of carbonyl (C=O) groups is 1. The minimum absolute atomic E-state index is 0.126. The maximum atomic E-state index is 12.5. The summed E-state index contributed by atoms with van der Waals surface area (Å²) in [5.41, 5.74) is 0.686. The standard InChI is InChI=1S/C14H11F3N2O2S2/c15-14(16,17)10-3-1-8(2-4-10)6-18-12(20)11-5-9-7-19-23(21)13(9)22-11/h1-5,19H,6-7H2,(H,18,20). The van der Waals surface area contributed by atoms with E-state index in [4.69, 9.17) is 0 Å². The first kappa shape index (κ1) is 16.2. The van der Waals surface area contributed by atoms with Crippen LogP contribution in [0.2, 0.25) is 0 Å². The van der Waals surface area contributed by atoms with Gasteiger partial charge in [-0.3, -0.25) is 4.79 Å². The van der Waals surface area contributed by atoms with Gasteiger partial charge in [-0.25, -0.2) is 8.93 Å². The van der Waals surface area contributed by atoms with Crippen LogP contribution < -0.4 is 10.0 Å². The summed E-state index contributed by atoms with van der Waals surface area (Å²) >= 11 is 1.16. The smallest absolute Gasteiger partial charge is 0.347 e. The van der Waals surface area contributed by atoms with E-state index in [-0.39, 0.29) is 12.5 Å². The molecule has 0 aliphatic carbocycles. The van der Waals surface area contributed by atoms with Crippen LogP contribution in [0.25, 0.3) is 0 Å². The van der Waals surface area contributed by atoms with Gasteiger partial charge in [0.1, 0.15) is 15.2 Å². The number of benzene rings is 1. The van der Waals surface area contributed by atoms with Gasteiger partial charge >= 0.3 is 6.18 Å². The summed E-state index contributed by atoms with van der Waals surface area (Å²) < 4.78 is 52.4. The van der Waals surface area contributed by atoms with Crippen molar-refractivity contribution < 1.29 is 22.2 Å². The number of rotatable bonds is 3. The third-order valence-electron chi connectivity index (χ3n) is 3.29. The Morgan fingerprint density at radius 3 is 2.61 bits per heavy atom. The normalized spacial score (nSPS) is 17.1. The molecule has 1 aromatic carbocycles. The van der Waals surface area contributed by atoms with E-state index in [9.17, 15) is 22.2 Å². The molecule has 0 spiro atoms. The van der Waals surface area contributed by atoms with Crippen LogP contribution in [0.3, 0.4) is 0 Å². The van der Waals surface area contributed by atoms with Crippen LogP contribution in [0.4, 0.5) is 13.2 Å². The lowest BCUT2D eigenvalue weighted by molar-refractivity contribution is -0.137. The SMILES string of the molecule is O=C(NCc1ccc(C(F)(F)F)cc1)c1cc2c(s1)S(=O)NC2. The number of halogens is 3. The molecule has 1 aliphatic rings. The Morgan fingerprint density at radius 1 is 1.30 bits per heavy atom. The summed E-state index contributed by atoms with van der Waals surface area (Å²) in [6.45, 7) is 0.589. The molecule has 0 radical (unpaired) electrons. The van der Waals surface area contributed by atoms with Gasteiger partial charge in [-0.1, -0.05) is 12.1 Å². The molecule has 3 rings (SSSR count). The molecular formula is C14H11F3N2O2S2. The lowest BCUT2D eigenvalue weighted by Gasteiger charge is -2.08. The largest absolute Gasteiger partial charge is 0.416 e. The predicted octanol–water partition coefficient (Wildman–Crippen LogP) is 2.82. The Hall–Kier alpha value is -1.71. The Morgan fingerprint density at radius 2 is 2.00 bits per heavy atom. The number of hydrogen-bond donors (Lipinski definition) is 2. The third kappa shape index (κ3) is 3.46. The number of thiophene rings is 1. The highest BCUT2D eigenvalue weighted by atomic mass is 32.2. The molecule has 4 nitrogen and oxygen atoms in total. The fraction of sp³-hybridized carbons (Fsp3) is 0.214. The van der Waals surface area contributed by atoms with E-state index in [0.29, 0.717) is 21.2 Å². The van der Waals surface area contributed by atoms with Gasteiger partial charge in [0.05, 0.1) is 10.4 Å². The Bertz CT molecular complexity index is 769. The van der Waals surface area contributed by atoms with Crippen molar-refractivity contribution in [1.82, 2.24) is 10.0 Å². The van der Waals surface area contributed by atoms with Crippen molar-refractivity contribution in [2.45, 2.75) is 23.5 Å². The maximum absolute atomic E-state index is 12.5. The molecule has 1 atom stereocenters. The fourth-order valence-electron chi connectivity index (χ4n) is 2.09. The highest BCUT2D eigenvalue weighted by molar-refractivity contribution is 7.85. The van der Waals surface area contributed by atoms with Gasteiger partial charge in [0.25, 0.3) is 5.91 Å². The van der Waals surface area contributed by atoms with Gasteiger partial charge in [0.15, 0.2) is 0 Å². The molecule has 0 fully saturated rings. The summed E-state index contributed by atoms with van der Waals surface area (Å²) in [7, 11) is -1.26. The fourth-order valence-corrected chi connectivity index (χ4v) is 4.46. The first-order valence-corrected chi connectivity index (χ1v) is 8.53. The monoisotopic (exact) mass is 360 g/mol. The number of alkyl halides is 3. The van der Waals surface area contributed by atoms with Crippen LogP contribution in [0.15, 0.2) is 34.5 Å². The van der Waals surface area contributed by atoms with E-state index in [1.54, 1.807) is 6.07 Å². The zero-order chi connectivity index (χ0) is 16.6. The van der Waals surface area contributed by atoms with Crippen molar-refractivity contribution in [1.29, 1.82) is 0 Å².